The quantitative estimate of drug-likeness (QED) is 0.513. The van der Waals surface area contributed by atoms with Crippen molar-refractivity contribution in [3.8, 4) is 0 Å². The molecule has 24 heavy (non-hydrogen) atoms. The van der Waals surface area contributed by atoms with Crippen molar-refractivity contribution in [3.05, 3.63) is 52.1 Å². The average molecular weight is 389 g/mol. The molecule has 0 saturated carbocycles. The van der Waals surface area contributed by atoms with Crippen LogP contribution in [0.15, 0.2) is 46.0 Å². The van der Waals surface area contributed by atoms with Crippen LogP contribution < -0.4 is 5.43 Å². The molecule has 0 unspecified atom stereocenters. The lowest BCUT2D eigenvalue weighted by Crippen LogP contribution is -2.21. The summed E-state index contributed by atoms with van der Waals surface area (Å²) < 4.78 is 1.08. The number of hydrogen-bond donors (Lipinski definition) is 1. The highest BCUT2D eigenvalue weighted by atomic mass is 79.9. The Morgan fingerprint density at radius 2 is 1.75 bits per heavy atom. The number of nitrogens with zero attached hydrogens (tertiary/aromatic N) is 3. The fraction of sp³-hybridized carbons (Fsp3) is 0.421. The van der Waals surface area contributed by atoms with Gasteiger partial charge in [0.05, 0.1) is 5.69 Å². The van der Waals surface area contributed by atoms with E-state index in [9.17, 15) is 0 Å². The predicted molar refractivity (Wildman–Crippen MR) is 105 cm³/mol. The molecule has 5 heteroatoms. The summed E-state index contributed by atoms with van der Waals surface area (Å²) in [6.07, 6.45) is 2.90. The molecule has 4 nitrogen and oxygen atoms in total. The maximum atomic E-state index is 4.40. The summed E-state index contributed by atoms with van der Waals surface area (Å²) in [4.78, 5) is 0. The van der Waals surface area contributed by atoms with E-state index in [0.717, 1.165) is 35.1 Å². The lowest BCUT2D eigenvalue weighted by atomic mass is 9.81. The molecule has 0 saturated heterocycles. The Labute approximate surface area is 152 Å². The van der Waals surface area contributed by atoms with E-state index in [1.54, 1.807) is 0 Å². The van der Waals surface area contributed by atoms with Crippen LogP contribution in [0.4, 0.5) is 5.82 Å². The fourth-order valence-electron chi connectivity index (χ4n) is 2.42. The highest BCUT2D eigenvalue weighted by Crippen LogP contribution is 2.29. The lowest BCUT2D eigenvalue weighted by Gasteiger charge is -2.25. The minimum absolute atomic E-state index is 0.0896. The SMILES string of the molecule is CCC(C)(CC)c1ccc(NN=C(C)Cc2ccc(Br)cc2)nn1. The molecule has 0 aliphatic rings. The van der Waals surface area contributed by atoms with Gasteiger partial charge < -0.3 is 0 Å². The summed E-state index contributed by atoms with van der Waals surface area (Å²) in [5, 5.41) is 13.0. The Morgan fingerprint density at radius 1 is 1.08 bits per heavy atom. The van der Waals surface area contributed by atoms with Crippen molar-refractivity contribution in [2.24, 2.45) is 5.10 Å². The van der Waals surface area contributed by atoms with E-state index in [-0.39, 0.29) is 5.41 Å². The third-order valence-electron chi connectivity index (χ3n) is 4.58. The molecule has 0 atom stereocenters. The zero-order valence-electron chi connectivity index (χ0n) is 14.8. The fourth-order valence-corrected chi connectivity index (χ4v) is 2.68. The monoisotopic (exact) mass is 388 g/mol. The van der Waals surface area contributed by atoms with Gasteiger partial charge >= 0.3 is 0 Å². The minimum atomic E-state index is 0.0896. The summed E-state index contributed by atoms with van der Waals surface area (Å²) in [6.45, 7) is 8.60. The van der Waals surface area contributed by atoms with Crippen LogP contribution in [0.3, 0.4) is 0 Å². The molecule has 0 aliphatic heterocycles. The standard InChI is InChI=1S/C19H25BrN4/c1-5-19(4,6-2)17-11-12-18(24-22-17)23-21-14(3)13-15-7-9-16(20)10-8-15/h7-12H,5-6,13H2,1-4H3,(H,23,24). The van der Waals surface area contributed by atoms with Crippen LogP contribution in [0.2, 0.25) is 0 Å². The maximum absolute atomic E-state index is 4.40. The van der Waals surface area contributed by atoms with Gasteiger partial charge in [-0.15, -0.1) is 5.10 Å². The lowest BCUT2D eigenvalue weighted by molar-refractivity contribution is 0.421. The molecule has 2 aromatic rings. The van der Waals surface area contributed by atoms with Gasteiger partial charge in [0.25, 0.3) is 0 Å². The minimum Gasteiger partial charge on any atom is -0.260 e. The number of halogens is 1. The van der Waals surface area contributed by atoms with Crippen LogP contribution in [0.5, 0.6) is 0 Å². The summed E-state index contributed by atoms with van der Waals surface area (Å²) in [5.41, 5.74) is 6.34. The Balaban J connectivity index is 1.99. The van der Waals surface area contributed by atoms with Crippen molar-refractivity contribution < 1.29 is 0 Å². The zero-order chi connectivity index (χ0) is 17.6. The smallest absolute Gasteiger partial charge is 0.168 e. The number of hydrazone groups is 1. The van der Waals surface area contributed by atoms with Gasteiger partial charge in [0.15, 0.2) is 5.82 Å². The molecule has 2 rings (SSSR count). The van der Waals surface area contributed by atoms with Gasteiger partial charge in [-0.25, -0.2) is 0 Å². The van der Waals surface area contributed by atoms with E-state index in [4.69, 9.17) is 0 Å². The summed E-state index contributed by atoms with van der Waals surface area (Å²) >= 11 is 3.45. The summed E-state index contributed by atoms with van der Waals surface area (Å²) in [6, 6.07) is 12.3. The van der Waals surface area contributed by atoms with E-state index in [1.165, 1.54) is 5.56 Å². The zero-order valence-corrected chi connectivity index (χ0v) is 16.4. The van der Waals surface area contributed by atoms with Crippen molar-refractivity contribution in [3.63, 3.8) is 0 Å². The Hall–Kier alpha value is -1.75. The Kier molecular flexibility index (Phi) is 6.49. The van der Waals surface area contributed by atoms with Crippen molar-refractivity contribution in [1.82, 2.24) is 10.2 Å². The molecule has 0 amide bonds. The third kappa shape index (κ3) is 4.87. The van der Waals surface area contributed by atoms with Crippen LogP contribution >= 0.6 is 15.9 Å². The first kappa shape index (κ1) is 18.6. The normalized spacial score (nSPS) is 12.3. The van der Waals surface area contributed by atoms with Gasteiger partial charge in [0.2, 0.25) is 0 Å². The first-order valence-electron chi connectivity index (χ1n) is 8.34. The van der Waals surface area contributed by atoms with Gasteiger partial charge in [-0.3, -0.25) is 5.43 Å². The van der Waals surface area contributed by atoms with Crippen LogP contribution in [0.1, 0.15) is 51.8 Å². The molecule has 0 radical (unpaired) electrons. The molecular weight excluding hydrogens is 364 g/mol. The van der Waals surface area contributed by atoms with E-state index < -0.39 is 0 Å². The Morgan fingerprint density at radius 3 is 2.29 bits per heavy atom. The maximum Gasteiger partial charge on any atom is 0.168 e. The van der Waals surface area contributed by atoms with Crippen LogP contribution in [-0.4, -0.2) is 15.9 Å². The van der Waals surface area contributed by atoms with Crippen molar-refractivity contribution in [2.75, 3.05) is 5.43 Å². The van der Waals surface area contributed by atoms with Gasteiger partial charge in [-0.1, -0.05) is 48.8 Å². The molecule has 0 bridgehead atoms. The van der Waals surface area contributed by atoms with Gasteiger partial charge in [-0.05, 0) is 49.6 Å². The van der Waals surface area contributed by atoms with Gasteiger partial charge in [-0.2, -0.15) is 10.2 Å². The van der Waals surface area contributed by atoms with Gasteiger partial charge in [0, 0.05) is 22.0 Å². The number of nitrogens with one attached hydrogen (secondary N) is 1. The van der Waals surface area contributed by atoms with E-state index in [0.29, 0.717) is 5.82 Å². The summed E-state index contributed by atoms with van der Waals surface area (Å²) in [7, 11) is 0. The topological polar surface area (TPSA) is 50.2 Å². The molecule has 0 fully saturated rings. The number of rotatable bonds is 7. The van der Waals surface area contributed by atoms with E-state index >= 15 is 0 Å². The molecular formula is C19H25BrN4. The molecule has 128 valence electrons. The molecule has 0 aliphatic carbocycles. The Bertz CT molecular complexity index is 674. The largest absolute Gasteiger partial charge is 0.260 e. The summed E-state index contributed by atoms with van der Waals surface area (Å²) in [5.74, 6) is 0.670. The first-order valence-corrected chi connectivity index (χ1v) is 9.14. The van der Waals surface area contributed by atoms with E-state index in [1.807, 2.05) is 31.2 Å². The third-order valence-corrected chi connectivity index (χ3v) is 5.11. The second kappa shape index (κ2) is 8.38. The molecule has 1 heterocycles. The van der Waals surface area contributed by atoms with E-state index in [2.05, 4.69) is 69.6 Å². The van der Waals surface area contributed by atoms with Crippen LogP contribution in [-0.2, 0) is 11.8 Å². The average Bonchev–Trinajstić information content (AvgIpc) is 2.61. The predicted octanol–water partition coefficient (Wildman–Crippen LogP) is 5.35. The number of aromatic nitrogens is 2. The molecule has 1 aromatic heterocycles. The van der Waals surface area contributed by atoms with Crippen LogP contribution in [0, 0.1) is 0 Å². The number of benzene rings is 1. The van der Waals surface area contributed by atoms with Crippen molar-refractivity contribution in [2.45, 2.75) is 52.4 Å². The highest BCUT2D eigenvalue weighted by Gasteiger charge is 2.24. The van der Waals surface area contributed by atoms with Crippen LogP contribution in [0.25, 0.3) is 0 Å². The first-order chi connectivity index (χ1) is 11.5. The highest BCUT2D eigenvalue weighted by molar-refractivity contribution is 9.10. The number of anilines is 1. The second-order valence-electron chi connectivity index (χ2n) is 6.33. The molecule has 1 N–H and O–H groups in total. The molecule has 1 aromatic carbocycles. The number of hydrogen-bond acceptors (Lipinski definition) is 4. The van der Waals surface area contributed by atoms with Crippen molar-refractivity contribution >= 4 is 27.5 Å². The van der Waals surface area contributed by atoms with Crippen molar-refractivity contribution in [1.29, 1.82) is 0 Å². The molecule has 0 spiro atoms. The van der Waals surface area contributed by atoms with Gasteiger partial charge in [0.1, 0.15) is 0 Å². The second-order valence-corrected chi connectivity index (χ2v) is 7.25.